The molecule has 0 aromatic heterocycles. The topological polar surface area (TPSA) is 69.4 Å². The van der Waals surface area contributed by atoms with E-state index in [2.05, 4.69) is 0 Å². The number of rotatable bonds is 2. The maximum Gasteiger partial charge on any atom is 0.338 e. The molecule has 1 rings (SSSR count). The van der Waals surface area contributed by atoms with Crippen LogP contribution in [-0.2, 0) is 4.74 Å². The molecule has 1 aromatic carbocycles. The number of esters is 1. The van der Waals surface area contributed by atoms with Crippen LogP contribution in [0.1, 0.15) is 32.5 Å². The average molecular weight is 224 g/mol. The van der Waals surface area contributed by atoms with Crippen LogP contribution in [0.3, 0.4) is 0 Å². The van der Waals surface area contributed by atoms with Gasteiger partial charge in [-0.05, 0) is 32.9 Å². The zero-order valence-electron chi connectivity index (χ0n) is 10.3. The average Bonchev–Trinajstić information content (AvgIpc) is 2.14. The fraction of sp³-hybridized carbons (Fsp3) is 0.364. The van der Waals surface area contributed by atoms with Gasteiger partial charge in [0.05, 0.1) is 11.9 Å². The van der Waals surface area contributed by atoms with Gasteiger partial charge in [-0.2, -0.15) is 0 Å². The molecule has 0 amide bonds. The summed E-state index contributed by atoms with van der Waals surface area (Å²) in [5.41, 5.74) is -0.839. The maximum absolute atomic E-state index is 11.6. The van der Waals surface area contributed by atoms with Gasteiger partial charge >= 0.3 is 5.97 Å². The highest BCUT2D eigenvalue weighted by atomic mass is 16.6. The molecule has 1 aromatic rings. The van der Waals surface area contributed by atoms with Crippen LogP contribution in [0.5, 0.6) is 0 Å². The van der Waals surface area contributed by atoms with Crippen LogP contribution < -0.4 is 0 Å². The van der Waals surface area contributed by atoms with E-state index < -0.39 is 16.5 Å². The minimum absolute atomic E-state index is 0.135. The van der Waals surface area contributed by atoms with Crippen LogP contribution in [0.25, 0.3) is 0 Å². The van der Waals surface area contributed by atoms with Crippen LogP contribution in [0.2, 0.25) is 0 Å². The van der Waals surface area contributed by atoms with E-state index in [0.717, 1.165) is 12.1 Å². The molecule has 0 N–H and O–H groups in total. The third kappa shape index (κ3) is 3.34. The fourth-order valence-electron chi connectivity index (χ4n) is 0.994. The predicted molar refractivity (Wildman–Crippen MR) is 58.3 cm³/mol. The van der Waals surface area contributed by atoms with Crippen LogP contribution in [0.15, 0.2) is 24.2 Å². The standard InChI is InChI=1S/C11H13NO4/c1-11(2,3)16-10(13)8-4-6-9(7-5-8)12(14)15/h4-7H,1-3H3/i6D. The van der Waals surface area contributed by atoms with Gasteiger partial charge in [0.1, 0.15) is 5.60 Å². The summed E-state index contributed by atoms with van der Waals surface area (Å²) >= 11 is 0. The van der Waals surface area contributed by atoms with Crippen LogP contribution >= 0.6 is 0 Å². The molecule has 0 atom stereocenters. The van der Waals surface area contributed by atoms with E-state index in [1.807, 2.05) is 0 Å². The highest BCUT2D eigenvalue weighted by Gasteiger charge is 2.18. The number of carbonyl (C=O) groups is 1. The van der Waals surface area contributed by atoms with Crippen molar-refractivity contribution in [1.29, 1.82) is 0 Å². The number of nitro groups is 1. The molecule has 0 aliphatic carbocycles. The van der Waals surface area contributed by atoms with Crippen molar-refractivity contribution in [3.63, 3.8) is 0 Å². The lowest BCUT2D eigenvalue weighted by molar-refractivity contribution is -0.384. The zero-order chi connectivity index (χ0) is 13.2. The van der Waals surface area contributed by atoms with Crippen LogP contribution in [0, 0.1) is 10.1 Å². The lowest BCUT2D eigenvalue weighted by atomic mass is 10.1. The van der Waals surface area contributed by atoms with Crippen molar-refractivity contribution in [1.82, 2.24) is 0 Å². The Kier molecular flexibility index (Phi) is 2.85. The van der Waals surface area contributed by atoms with E-state index in [-0.39, 0.29) is 17.3 Å². The highest BCUT2D eigenvalue weighted by molar-refractivity contribution is 5.89. The number of ether oxygens (including phenoxy) is 1. The molecule has 0 spiro atoms. The van der Waals surface area contributed by atoms with Gasteiger partial charge in [0.2, 0.25) is 0 Å². The predicted octanol–water partition coefficient (Wildman–Crippen LogP) is 2.55. The first-order chi connectivity index (χ1) is 7.70. The van der Waals surface area contributed by atoms with E-state index in [0.29, 0.717) is 0 Å². The maximum atomic E-state index is 11.6. The first-order valence-corrected chi connectivity index (χ1v) is 4.69. The first-order valence-electron chi connectivity index (χ1n) is 5.19. The summed E-state index contributed by atoms with van der Waals surface area (Å²) in [6.07, 6.45) is 0. The van der Waals surface area contributed by atoms with Crippen molar-refractivity contribution < 1.29 is 15.8 Å². The van der Waals surface area contributed by atoms with Gasteiger partial charge in [-0.3, -0.25) is 10.1 Å². The Morgan fingerprint density at radius 2 is 2.06 bits per heavy atom. The summed E-state index contributed by atoms with van der Waals surface area (Å²) in [6, 6.07) is 3.23. The molecule has 0 saturated carbocycles. The second kappa shape index (κ2) is 4.30. The zero-order valence-corrected chi connectivity index (χ0v) is 9.31. The Morgan fingerprint density at radius 3 is 2.50 bits per heavy atom. The highest BCUT2D eigenvalue weighted by Crippen LogP contribution is 2.15. The quantitative estimate of drug-likeness (QED) is 0.439. The summed E-state index contributed by atoms with van der Waals surface area (Å²) in [4.78, 5) is 21.5. The third-order valence-corrected chi connectivity index (χ3v) is 1.63. The Labute approximate surface area is 94.6 Å². The van der Waals surface area contributed by atoms with Crippen molar-refractivity contribution in [3.05, 3.63) is 39.9 Å². The number of carbonyl (C=O) groups excluding carboxylic acids is 1. The minimum Gasteiger partial charge on any atom is -0.456 e. The molecule has 0 aliphatic heterocycles. The summed E-state index contributed by atoms with van der Waals surface area (Å²) in [6.45, 7) is 5.16. The minimum atomic E-state index is -0.665. The number of hydrogen-bond acceptors (Lipinski definition) is 4. The molecule has 0 bridgehead atoms. The molecule has 86 valence electrons. The largest absolute Gasteiger partial charge is 0.456 e. The van der Waals surface area contributed by atoms with Crippen molar-refractivity contribution in [2.24, 2.45) is 0 Å². The molecular weight excluding hydrogens is 210 g/mol. The number of nitro benzene ring substituents is 1. The van der Waals surface area contributed by atoms with Crippen molar-refractivity contribution in [3.8, 4) is 0 Å². The van der Waals surface area contributed by atoms with E-state index in [1.54, 1.807) is 20.8 Å². The van der Waals surface area contributed by atoms with Gasteiger partial charge in [0.25, 0.3) is 5.69 Å². The normalized spacial score (nSPS) is 11.8. The molecule has 0 fully saturated rings. The second-order valence-electron chi connectivity index (χ2n) is 4.22. The molecule has 0 heterocycles. The Hall–Kier alpha value is -1.91. The monoisotopic (exact) mass is 224 g/mol. The van der Waals surface area contributed by atoms with Crippen molar-refractivity contribution in [2.45, 2.75) is 26.4 Å². The third-order valence-electron chi connectivity index (χ3n) is 1.63. The van der Waals surface area contributed by atoms with Gasteiger partial charge in [-0.1, -0.05) is 0 Å². The fourth-order valence-corrected chi connectivity index (χ4v) is 0.994. The second-order valence-corrected chi connectivity index (χ2v) is 4.22. The molecule has 16 heavy (non-hydrogen) atoms. The smallest absolute Gasteiger partial charge is 0.338 e. The molecule has 5 heteroatoms. The lowest BCUT2D eigenvalue weighted by Gasteiger charge is -2.19. The van der Waals surface area contributed by atoms with Gasteiger partial charge in [0, 0.05) is 12.1 Å². The summed E-state index contributed by atoms with van der Waals surface area (Å²) < 4.78 is 12.5. The Morgan fingerprint density at radius 1 is 1.44 bits per heavy atom. The molecule has 0 radical (unpaired) electrons. The van der Waals surface area contributed by atoms with Gasteiger partial charge in [-0.25, -0.2) is 4.79 Å². The van der Waals surface area contributed by atoms with Gasteiger partial charge in [-0.15, -0.1) is 0 Å². The molecular formula is C11H13NO4. The summed E-state index contributed by atoms with van der Waals surface area (Å²) in [5.74, 6) is -0.596. The number of hydrogen-bond donors (Lipinski definition) is 0. The molecule has 0 saturated heterocycles. The molecule has 0 aliphatic rings. The lowest BCUT2D eigenvalue weighted by Crippen LogP contribution is -2.23. The number of nitrogens with zero attached hydrogens (tertiary/aromatic N) is 1. The Balaban J connectivity index is 2.98. The van der Waals surface area contributed by atoms with Crippen LogP contribution in [-0.4, -0.2) is 16.5 Å². The van der Waals surface area contributed by atoms with E-state index in [9.17, 15) is 14.9 Å². The van der Waals surface area contributed by atoms with Crippen LogP contribution in [0.4, 0.5) is 5.69 Å². The van der Waals surface area contributed by atoms with Crippen molar-refractivity contribution >= 4 is 11.7 Å². The van der Waals surface area contributed by atoms with E-state index in [4.69, 9.17) is 6.11 Å². The Bertz CT molecular complexity index is 465. The van der Waals surface area contributed by atoms with Crippen molar-refractivity contribution in [2.75, 3.05) is 0 Å². The van der Waals surface area contributed by atoms with Gasteiger partial charge < -0.3 is 4.74 Å². The SMILES string of the molecule is [2H]c1cc(C(=O)OC(C)(C)C)ccc1[N+](=O)[O-]. The molecule has 5 nitrogen and oxygen atoms in total. The number of benzene rings is 1. The summed E-state index contributed by atoms with van der Waals surface area (Å²) in [7, 11) is 0. The van der Waals surface area contributed by atoms with Gasteiger partial charge in [0.15, 0.2) is 0 Å². The van der Waals surface area contributed by atoms with E-state index >= 15 is 0 Å². The first kappa shape index (κ1) is 10.6. The summed E-state index contributed by atoms with van der Waals surface area (Å²) in [5, 5.41) is 10.5. The van der Waals surface area contributed by atoms with E-state index in [1.165, 1.54) is 6.07 Å². The molecule has 0 unspecified atom stereocenters.